The summed E-state index contributed by atoms with van der Waals surface area (Å²) in [6.07, 6.45) is 6.50. The SMILES string of the molecule is O=C1c2cccnc2C(=O)N1CC1(CO)CCCCC1. The minimum Gasteiger partial charge on any atom is -0.396 e. The topological polar surface area (TPSA) is 70.5 Å². The number of carbonyl (C=O) groups is 2. The molecule has 1 aromatic heterocycles. The fourth-order valence-electron chi connectivity index (χ4n) is 3.26. The molecule has 106 valence electrons. The predicted octanol–water partition coefficient (Wildman–Crippen LogP) is 1.62. The molecule has 0 spiro atoms. The molecule has 20 heavy (non-hydrogen) atoms. The second-order valence-corrected chi connectivity index (χ2v) is 5.81. The van der Waals surface area contributed by atoms with Crippen LogP contribution in [0.15, 0.2) is 18.3 Å². The number of hydrogen-bond donors (Lipinski definition) is 1. The first-order valence-electron chi connectivity index (χ1n) is 7.09. The highest BCUT2D eigenvalue weighted by Gasteiger charge is 2.42. The number of aromatic nitrogens is 1. The molecule has 0 atom stereocenters. The Morgan fingerprint density at radius 3 is 2.60 bits per heavy atom. The minimum atomic E-state index is -0.330. The number of rotatable bonds is 3. The maximum atomic E-state index is 12.3. The van der Waals surface area contributed by atoms with Crippen LogP contribution in [-0.4, -0.2) is 40.0 Å². The lowest BCUT2D eigenvalue weighted by Gasteiger charge is -2.37. The van der Waals surface area contributed by atoms with E-state index in [4.69, 9.17) is 0 Å². The first kappa shape index (κ1) is 13.2. The second kappa shape index (κ2) is 4.98. The van der Waals surface area contributed by atoms with Crippen molar-refractivity contribution < 1.29 is 14.7 Å². The van der Waals surface area contributed by atoms with E-state index in [0.29, 0.717) is 12.1 Å². The summed E-state index contributed by atoms with van der Waals surface area (Å²) < 4.78 is 0. The van der Waals surface area contributed by atoms with Crippen molar-refractivity contribution >= 4 is 11.8 Å². The Bertz CT molecular complexity index is 515. The molecule has 2 amide bonds. The summed E-state index contributed by atoms with van der Waals surface area (Å²) in [7, 11) is 0. The van der Waals surface area contributed by atoms with Crippen LogP contribution < -0.4 is 0 Å². The Hall–Kier alpha value is -1.75. The maximum absolute atomic E-state index is 12.3. The Balaban J connectivity index is 1.85. The highest BCUT2D eigenvalue weighted by molar-refractivity contribution is 6.20. The molecule has 1 saturated carbocycles. The molecule has 3 rings (SSSR count). The van der Waals surface area contributed by atoms with Gasteiger partial charge in [-0.15, -0.1) is 0 Å². The van der Waals surface area contributed by atoms with Crippen LogP contribution in [0.2, 0.25) is 0 Å². The molecule has 2 heterocycles. The molecule has 0 aromatic carbocycles. The van der Waals surface area contributed by atoms with E-state index >= 15 is 0 Å². The number of pyridine rings is 1. The van der Waals surface area contributed by atoms with Crippen molar-refractivity contribution in [2.45, 2.75) is 32.1 Å². The number of hydrogen-bond acceptors (Lipinski definition) is 4. The quantitative estimate of drug-likeness (QED) is 0.850. The molecule has 0 bridgehead atoms. The first-order chi connectivity index (χ1) is 9.67. The van der Waals surface area contributed by atoms with Gasteiger partial charge in [-0.1, -0.05) is 19.3 Å². The van der Waals surface area contributed by atoms with Crippen molar-refractivity contribution in [3.8, 4) is 0 Å². The van der Waals surface area contributed by atoms with E-state index in [1.165, 1.54) is 11.1 Å². The highest BCUT2D eigenvalue weighted by Crippen LogP contribution is 2.38. The minimum absolute atomic E-state index is 0.0217. The van der Waals surface area contributed by atoms with Crippen LogP contribution in [0.4, 0.5) is 0 Å². The van der Waals surface area contributed by atoms with E-state index in [1.807, 2.05) is 0 Å². The summed E-state index contributed by atoms with van der Waals surface area (Å²) in [6.45, 7) is 0.325. The van der Waals surface area contributed by atoms with E-state index in [-0.39, 0.29) is 29.5 Å². The normalized spacial score (nSPS) is 21.1. The molecular formula is C15H18N2O3. The van der Waals surface area contributed by atoms with Gasteiger partial charge in [0.05, 0.1) is 12.2 Å². The van der Waals surface area contributed by atoms with Crippen LogP contribution in [0.5, 0.6) is 0 Å². The third-order valence-corrected chi connectivity index (χ3v) is 4.47. The summed E-state index contributed by atoms with van der Waals surface area (Å²) in [6, 6.07) is 3.30. The van der Waals surface area contributed by atoms with Crippen LogP contribution in [0.1, 0.15) is 53.0 Å². The molecule has 1 N–H and O–H groups in total. The number of aliphatic hydroxyl groups excluding tert-OH is 1. The zero-order valence-electron chi connectivity index (χ0n) is 11.3. The van der Waals surface area contributed by atoms with Gasteiger partial charge < -0.3 is 5.11 Å². The molecule has 2 aliphatic rings. The predicted molar refractivity (Wildman–Crippen MR) is 72.2 cm³/mol. The molecular weight excluding hydrogens is 256 g/mol. The van der Waals surface area contributed by atoms with E-state index in [2.05, 4.69) is 4.98 Å². The average Bonchev–Trinajstić information content (AvgIpc) is 2.74. The Kier molecular flexibility index (Phi) is 3.30. The maximum Gasteiger partial charge on any atom is 0.280 e. The standard InChI is InChI=1S/C15H18N2O3/c18-10-15(6-2-1-3-7-15)9-17-13(19)11-5-4-8-16-12(11)14(17)20/h4-5,8,18H,1-3,6-7,9-10H2. The number of imide groups is 1. The lowest BCUT2D eigenvalue weighted by molar-refractivity contribution is 0.0330. The van der Waals surface area contributed by atoms with Gasteiger partial charge in [0.2, 0.25) is 0 Å². The Morgan fingerprint density at radius 2 is 1.95 bits per heavy atom. The van der Waals surface area contributed by atoms with Crippen LogP contribution in [0, 0.1) is 5.41 Å². The van der Waals surface area contributed by atoms with Gasteiger partial charge in [-0.2, -0.15) is 0 Å². The van der Waals surface area contributed by atoms with Crippen LogP contribution >= 0.6 is 0 Å². The third-order valence-electron chi connectivity index (χ3n) is 4.47. The lowest BCUT2D eigenvalue weighted by Crippen LogP contribution is -2.44. The largest absolute Gasteiger partial charge is 0.396 e. The van der Waals surface area contributed by atoms with E-state index < -0.39 is 0 Å². The average molecular weight is 274 g/mol. The monoisotopic (exact) mass is 274 g/mol. The van der Waals surface area contributed by atoms with Crippen LogP contribution in [-0.2, 0) is 0 Å². The molecule has 1 aliphatic heterocycles. The van der Waals surface area contributed by atoms with Crippen molar-refractivity contribution in [1.29, 1.82) is 0 Å². The van der Waals surface area contributed by atoms with E-state index in [9.17, 15) is 14.7 Å². The van der Waals surface area contributed by atoms with Crippen molar-refractivity contribution in [3.63, 3.8) is 0 Å². The molecule has 1 aromatic rings. The van der Waals surface area contributed by atoms with Gasteiger partial charge in [0.25, 0.3) is 11.8 Å². The molecule has 1 fully saturated rings. The number of nitrogens with zero attached hydrogens (tertiary/aromatic N) is 2. The van der Waals surface area contributed by atoms with Crippen molar-refractivity contribution in [3.05, 3.63) is 29.6 Å². The van der Waals surface area contributed by atoms with Gasteiger partial charge in [0, 0.05) is 18.2 Å². The van der Waals surface area contributed by atoms with Crippen molar-refractivity contribution in [2.24, 2.45) is 5.41 Å². The molecule has 0 unspecified atom stereocenters. The third kappa shape index (κ3) is 2.02. The molecule has 0 saturated heterocycles. The second-order valence-electron chi connectivity index (χ2n) is 5.81. The van der Waals surface area contributed by atoms with Gasteiger partial charge in [-0.05, 0) is 25.0 Å². The summed E-state index contributed by atoms with van der Waals surface area (Å²) in [5.74, 6) is -0.611. The lowest BCUT2D eigenvalue weighted by atomic mass is 9.74. The fourth-order valence-corrected chi connectivity index (χ4v) is 3.26. The Morgan fingerprint density at radius 1 is 1.20 bits per heavy atom. The summed E-state index contributed by atoms with van der Waals surface area (Å²) in [4.78, 5) is 29.9. The molecule has 1 aliphatic carbocycles. The Labute approximate surface area is 117 Å². The summed E-state index contributed by atoms with van der Waals surface area (Å²) in [5, 5.41) is 9.73. The van der Waals surface area contributed by atoms with E-state index in [0.717, 1.165) is 32.1 Å². The molecule has 5 heteroatoms. The van der Waals surface area contributed by atoms with Gasteiger partial charge >= 0.3 is 0 Å². The molecule has 0 radical (unpaired) electrons. The zero-order valence-corrected chi connectivity index (χ0v) is 11.3. The number of aliphatic hydroxyl groups is 1. The number of amides is 2. The van der Waals surface area contributed by atoms with Gasteiger partial charge in [0.1, 0.15) is 5.69 Å². The fraction of sp³-hybridized carbons (Fsp3) is 0.533. The summed E-state index contributed by atoms with van der Waals surface area (Å²) in [5.41, 5.74) is 0.286. The van der Waals surface area contributed by atoms with Crippen molar-refractivity contribution in [2.75, 3.05) is 13.2 Å². The molecule has 5 nitrogen and oxygen atoms in total. The van der Waals surface area contributed by atoms with Gasteiger partial charge in [0.15, 0.2) is 0 Å². The zero-order chi connectivity index (χ0) is 14.2. The number of carbonyl (C=O) groups excluding carboxylic acids is 2. The first-order valence-corrected chi connectivity index (χ1v) is 7.09. The smallest absolute Gasteiger partial charge is 0.280 e. The number of fused-ring (bicyclic) bond motifs is 1. The van der Waals surface area contributed by atoms with Gasteiger partial charge in [-0.3, -0.25) is 19.5 Å². The van der Waals surface area contributed by atoms with Crippen LogP contribution in [0.25, 0.3) is 0 Å². The highest BCUT2D eigenvalue weighted by atomic mass is 16.3. The van der Waals surface area contributed by atoms with Crippen molar-refractivity contribution in [1.82, 2.24) is 9.88 Å². The van der Waals surface area contributed by atoms with Gasteiger partial charge in [-0.25, -0.2) is 0 Å². The van der Waals surface area contributed by atoms with Crippen LogP contribution in [0.3, 0.4) is 0 Å². The summed E-state index contributed by atoms with van der Waals surface area (Å²) >= 11 is 0. The van der Waals surface area contributed by atoms with E-state index in [1.54, 1.807) is 12.1 Å².